The summed E-state index contributed by atoms with van der Waals surface area (Å²) >= 11 is 7.45. The third kappa shape index (κ3) is 5.39. The summed E-state index contributed by atoms with van der Waals surface area (Å²) in [5.41, 5.74) is 0.731. The lowest BCUT2D eigenvalue weighted by molar-refractivity contribution is -0.155. The van der Waals surface area contributed by atoms with Crippen molar-refractivity contribution < 1.29 is 14.3 Å². The second-order valence-corrected chi connectivity index (χ2v) is 7.77. The molecule has 2 aromatic heterocycles. The predicted molar refractivity (Wildman–Crippen MR) is 109 cm³/mol. The van der Waals surface area contributed by atoms with E-state index >= 15 is 0 Å². The highest BCUT2D eigenvalue weighted by Crippen LogP contribution is 2.19. The van der Waals surface area contributed by atoms with Crippen LogP contribution in [0.4, 0.5) is 0 Å². The first-order valence-corrected chi connectivity index (χ1v) is 10.2. The number of ether oxygens (including phenoxy) is 1. The zero-order valence-electron chi connectivity index (χ0n) is 16.0. The number of thiophene rings is 1. The summed E-state index contributed by atoms with van der Waals surface area (Å²) in [5, 5.41) is 14.8. The van der Waals surface area contributed by atoms with E-state index in [0.29, 0.717) is 23.8 Å². The van der Waals surface area contributed by atoms with Crippen molar-refractivity contribution in [3.05, 3.63) is 51.7 Å². The number of hydrogen-bond acceptors (Lipinski definition) is 7. The molecule has 0 aliphatic heterocycles. The maximum Gasteiger partial charge on any atom is 0.333 e. The molecule has 152 valence electrons. The number of carbonyl (C=O) groups excluding carboxylic acids is 2. The number of tetrazole rings is 1. The van der Waals surface area contributed by atoms with Gasteiger partial charge in [-0.05, 0) is 47.3 Å². The minimum atomic E-state index is -0.765. The van der Waals surface area contributed by atoms with Gasteiger partial charge >= 0.3 is 5.97 Å². The van der Waals surface area contributed by atoms with E-state index in [4.69, 9.17) is 16.3 Å². The quantitative estimate of drug-likeness (QED) is 0.506. The summed E-state index contributed by atoms with van der Waals surface area (Å²) in [6.07, 6.45) is 0.397. The smallest absolute Gasteiger partial charge is 0.333 e. The standard InChI is InChI=1S/C19H20ClN5O3S/c1-3-16(25-22-18(21-23-25)13-6-8-14(20)9-7-13)19(27)28-12-17(26)24(2)11-15-5-4-10-29-15/h4-10,16H,3,11-12H2,1-2H3. The van der Waals surface area contributed by atoms with Gasteiger partial charge in [-0.25, -0.2) is 4.79 Å². The van der Waals surface area contributed by atoms with Gasteiger partial charge in [0.05, 0.1) is 6.54 Å². The highest BCUT2D eigenvalue weighted by molar-refractivity contribution is 7.09. The molecule has 1 amide bonds. The van der Waals surface area contributed by atoms with Gasteiger partial charge in [0.15, 0.2) is 12.6 Å². The van der Waals surface area contributed by atoms with E-state index in [1.807, 2.05) is 24.4 Å². The summed E-state index contributed by atoms with van der Waals surface area (Å²) in [6.45, 7) is 1.94. The summed E-state index contributed by atoms with van der Waals surface area (Å²) < 4.78 is 5.21. The second kappa shape index (κ2) is 9.62. The molecule has 0 aliphatic carbocycles. The monoisotopic (exact) mass is 433 g/mol. The normalized spacial score (nSPS) is 11.8. The summed E-state index contributed by atoms with van der Waals surface area (Å²) in [4.78, 5) is 28.5. The minimum absolute atomic E-state index is 0.282. The lowest BCUT2D eigenvalue weighted by Crippen LogP contribution is -2.32. The molecule has 0 N–H and O–H groups in total. The molecule has 0 bridgehead atoms. The van der Waals surface area contributed by atoms with E-state index in [0.717, 1.165) is 10.4 Å². The lowest BCUT2D eigenvalue weighted by atomic mass is 10.2. The molecular formula is C19H20ClN5O3S. The van der Waals surface area contributed by atoms with Crippen LogP contribution >= 0.6 is 22.9 Å². The van der Waals surface area contributed by atoms with Gasteiger partial charge in [-0.15, -0.1) is 26.3 Å². The van der Waals surface area contributed by atoms with Crippen molar-refractivity contribution in [2.45, 2.75) is 25.9 Å². The Kier molecular flexibility index (Phi) is 6.95. The van der Waals surface area contributed by atoms with E-state index in [1.165, 1.54) is 9.70 Å². The lowest BCUT2D eigenvalue weighted by Gasteiger charge is -2.17. The number of rotatable bonds is 8. The average Bonchev–Trinajstić information content (AvgIpc) is 3.39. The van der Waals surface area contributed by atoms with E-state index < -0.39 is 12.0 Å². The molecule has 0 saturated heterocycles. The van der Waals surface area contributed by atoms with Gasteiger partial charge in [-0.1, -0.05) is 24.6 Å². The van der Waals surface area contributed by atoms with Gasteiger partial charge in [-0.2, -0.15) is 0 Å². The largest absolute Gasteiger partial charge is 0.454 e. The average molecular weight is 434 g/mol. The van der Waals surface area contributed by atoms with Crippen molar-refractivity contribution in [2.24, 2.45) is 0 Å². The van der Waals surface area contributed by atoms with Gasteiger partial charge in [0.1, 0.15) is 0 Å². The summed E-state index contributed by atoms with van der Waals surface area (Å²) in [6, 6.07) is 10.1. The molecular weight excluding hydrogens is 414 g/mol. The number of likely N-dealkylation sites (N-methyl/N-ethyl adjacent to an activating group) is 1. The molecule has 2 heterocycles. The van der Waals surface area contributed by atoms with Gasteiger partial charge in [0.2, 0.25) is 5.82 Å². The fourth-order valence-electron chi connectivity index (χ4n) is 2.56. The third-order valence-corrected chi connectivity index (χ3v) is 5.32. The summed E-state index contributed by atoms with van der Waals surface area (Å²) in [5.74, 6) is -0.486. The topological polar surface area (TPSA) is 90.2 Å². The molecule has 1 atom stereocenters. The number of hydrogen-bond donors (Lipinski definition) is 0. The van der Waals surface area contributed by atoms with Crippen LogP contribution in [0.5, 0.6) is 0 Å². The molecule has 8 nitrogen and oxygen atoms in total. The first-order chi connectivity index (χ1) is 14.0. The highest BCUT2D eigenvalue weighted by Gasteiger charge is 2.25. The first kappa shape index (κ1) is 20.9. The van der Waals surface area contributed by atoms with Gasteiger partial charge in [0, 0.05) is 22.5 Å². The molecule has 3 aromatic rings. The number of halogens is 1. The van der Waals surface area contributed by atoms with Crippen LogP contribution in [0, 0.1) is 0 Å². The Bertz CT molecular complexity index is 959. The number of carbonyl (C=O) groups is 2. The van der Waals surface area contributed by atoms with Crippen LogP contribution in [-0.2, 0) is 20.9 Å². The molecule has 0 spiro atoms. The van der Waals surface area contributed by atoms with Crippen molar-refractivity contribution in [3.8, 4) is 11.4 Å². The molecule has 29 heavy (non-hydrogen) atoms. The fourth-order valence-corrected chi connectivity index (χ4v) is 3.44. The number of benzene rings is 1. The molecule has 0 aliphatic rings. The Morgan fingerprint density at radius 2 is 2.03 bits per heavy atom. The number of amides is 1. The van der Waals surface area contributed by atoms with Crippen LogP contribution in [0.1, 0.15) is 24.3 Å². The molecule has 10 heteroatoms. The molecule has 0 saturated carbocycles. The van der Waals surface area contributed by atoms with Crippen molar-refractivity contribution in [1.29, 1.82) is 0 Å². The zero-order chi connectivity index (χ0) is 20.8. The van der Waals surface area contributed by atoms with Crippen LogP contribution in [0.25, 0.3) is 11.4 Å². The van der Waals surface area contributed by atoms with Crippen molar-refractivity contribution in [3.63, 3.8) is 0 Å². The first-order valence-electron chi connectivity index (χ1n) is 8.96. The minimum Gasteiger partial charge on any atom is -0.454 e. The van der Waals surface area contributed by atoms with Gasteiger partial charge in [-0.3, -0.25) is 4.79 Å². The number of esters is 1. The fraction of sp³-hybridized carbons (Fsp3) is 0.316. The Balaban J connectivity index is 1.59. The zero-order valence-corrected chi connectivity index (χ0v) is 17.6. The number of aromatic nitrogens is 4. The van der Waals surface area contributed by atoms with Gasteiger partial charge < -0.3 is 9.64 Å². The predicted octanol–water partition coefficient (Wildman–Crippen LogP) is 3.21. The molecule has 0 fully saturated rings. The Labute approximate surface area is 177 Å². The van der Waals surface area contributed by atoms with E-state index in [2.05, 4.69) is 15.4 Å². The van der Waals surface area contributed by atoms with Crippen LogP contribution in [-0.4, -0.2) is 50.6 Å². The SMILES string of the molecule is CCC(C(=O)OCC(=O)N(C)Cc1cccs1)n1nnc(-c2ccc(Cl)cc2)n1. The Morgan fingerprint density at radius 1 is 1.28 bits per heavy atom. The van der Waals surface area contributed by atoms with Crippen LogP contribution in [0.2, 0.25) is 5.02 Å². The van der Waals surface area contributed by atoms with Crippen molar-refractivity contribution >= 4 is 34.8 Å². The summed E-state index contributed by atoms with van der Waals surface area (Å²) in [7, 11) is 1.67. The maximum absolute atomic E-state index is 12.5. The van der Waals surface area contributed by atoms with Crippen molar-refractivity contribution in [1.82, 2.24) is 25.1 Å². The van der Waals surface area contributed by atoms with Gasteiger partial charge in [0.25, 0.3) is 5.91 Å². The highest BCUT2D eigenvalue weighted by atomic mass is 35.5. The maximum atomic E-state index is 12.5. The van der Waals surface area contributed by atoms with E-state index in [-0.39, 0.29) is 12.5 Å². The van der Waals surface area contributed by atoms with E-state index in [1.54, 1.807) is 42.6 Å². The van der Waals surface area contributed by atoms with Crippen LogP contribution in [0.3, 0.4) is 0 Å². The Morgan fingerprint density at radius 3 is 2.69 bits per heavy atom. The van der Waals surface area contributed by atoms with Crippen molar-refractivity contribution in [2.75, 3.05) is 13.7 Å². The molecule has 1 aromatic carbocycles. The second-order valence-electron chi connectivity index (χ2n) is 6.30. The third-order valence-electron chi connectivity index (χ3n) is 4.20. The van der Waals surface area contributed by atoms with Crippen LogP contribution in [0.15, 0.2) is 41.8 Å². The Hall–Kier alpha value is -2.78. The van der Waals surface area contributed by atoms with Crippen LogP contribution < -0.4 is 0 Å². The number of nitrogens with zero attached hydrogens (tertiary/aromatic N) is 5. The van der Waals surface area contributed by atoms with E-state index in [9.17, 15) is 9.59 Å². The molecule has 3 rings (SSSR count). The molecule has 1 unspecified atom stereocenters. The molecule has 0 radical (unpaired) electrons.